The maximum absolute atomic E-state index is 11.4. The van der Waals surface area contributed by atoms with Crippen LogP contribution in [0, 0.1) is 5.92 Å². The fraction of sp³-hybridized carbons (Fsp3) is 0.750. The molecule has 1 aliphatic heterocycles. The maximum atomic E-state index is 11.4. The zero-order valence-corrected chi connectivity index (χ0v) is 14.0. The standard InChI is InChI=1S/C12H16Cl3NO6/c1-2-20-9(17)5-8-7(10(18)16-8)3-4-21-11(19)22-6-12(13,14)15/h7-8H,2-6H2,1H3,(H,16,18)/t7-,8-/m1/s1. The molecule has 1 rings (SSSR count). The van der Waals surface area contributed by atoms with Crippen molar-refractivity contribution >= 4 is 52.8 Å². The van der Waals surface area contributed by atoms with Gasteiger partial charge in [0, 0.05) is 0 Å². The van der Waals surface area contributed by atoms with E-state index in [1.165, 1.54) is 0 Å². The first-order valence-electron chi connectivity index (χ1n) is 6.55. The molecule has 0 unspecified atom stereocenters. The molecule has 1 heterocycles. The summed E-state index contributed by atoms with van der Waals surface area (Å²) in [5.74, 6) is -1.00. The van der Waals surface area contributed by atoms with Crippen molar-refractivity contribution in [1.82, 2.24) is 5.32 Å². The third-order valence-electron chi connectivity index (χ3n) is 2.84. The summed E-state index contributed by atoms with van der Waals surface area (Å²) in [6.07, 6.45) is -0.645. The molecule has 1 fully saturated rings. The van der Waals surface area contributed by atoms with Crippen LogP contribution < -0.4 is 5.32 Å². The van der Waals surface area contributed by atoms with Gasteiger partial charge >= 0.3 is 12.1 Å². The van der Waals surface area contributed by atoms with Crippen molar-refractivity contribution in [3.05, 3.63) is 0 Å². The Labute approximate surface area is 142 Å². The predicted octanol–water partition coefficient (Wildman–Crippen LogP) is 1.97. The number of amides is 1. The number of hydrogen-bond donors (Lipinski definition) is 1. The van der Waals surface area contributed by atoms with Crippen molar-refractivity contribution in [2.24, 2.45) is 5.92 Å². The topological polar surface area (TPSA) is 90.9 Å². The summed E-state index contributed by atoms with van der Waals surface area (Å²) in [7, 11) is 0. The van der Waals surface area contributed by atoms with Gasteiger partial charge in [0.05, 0.1) is 31.6 Å². The molecule has 1 saturated heterocycles. The summed E-state index contributed by atoms with van der Waals surface area (Å²) < 4.78 is 12.4. The number of β-lactam (4-membered cyclic amide) rings is 1. The Morgan fingerprint density at radius 1 is 1.23 bits per heavy atom. The van der Waals surface area contributed by atoms with E-state index < -0.39 is 22.5 Å². The van der Waals surface area contributed by atoms with Crippen LogP contribution in [0.4, 0.5) is 4.79 Å². The molecule has 0 aromatic carbocycles. The van der Waals surface area contributed by atoms with Crippen molar-refractivity contribution in [1.29, 1.82) is 0 Å². The molecule has 0 spiro atoms. The van der Waals surface area contributed by atoms with E-state index in [0.29, 0.717) is 0 Å². The Morgan fingerprint density at radius 2 is 1.91 bits per heavy atom. The molecule has 22 heavy (non-hydrogen) atoms. The van der Waals surface area contributed by atoms with E-state index in [0.717, 1.165) is 0 Å². The Kier molecular flexibility index (Phi) is 7.52. The number of rotatable bonds is 7. The van der Waals surface area contributed by atoms with Crippen molar-refractivity contribution in [2.75, 3.05) is 19.8 Å². The average molecular weight is 377 g/mol. The molecule has 0 aromatic heterocycles. The molecule has 10 heteroatoms. The highest BCUT2D eigenvalue weighted by atomic mass is 35.6. The lowest BCUT2D eigenvalue weighted by Gasteiger charge is -2.36. The van der Waals surface area contributed by atoms with Gasteiger partial charge in [-0.2, -0.15) is 0 Å². The van der Waals surface area contributed by atoms with Crippen LogP contribution in [0.1, 0.15) is 19.8 Å². The molecule has 2 atom stereocenters. The van der Waals surface area contributed by atoms with Crippen LogP contribution in [0.25, 0.3) is 0 Å². The fourth-order valence-electron chi connectivity index (χ4n) is 1.85. The van der Waals surface area contributed by atoms with Gasteiger partial charge in [0.15, 0.2) is 0 Å². The fourth-order valence-corrected chi connectivity index (χ4v) is 2.02. The van der Waals surface area contributed by atoms with E-state index in [9.17, 15) is 14.4 Å². The van der Waals surface area contributed by atoms with Crippen LogP contribution in [0.2, 0.25) is 0 Å². The normalized spacial score (nSPS) is 20.6. The van der Waals surface area contributed by atoms with E-state index in [1.54, 1.807) is 6.92 Å². The van der Waals surface area contributed by atoms with Gasteiger partial charge in [-0.3, -0.25) is 9.59 Å². The summed E-state index contributed by atoms with van der Waals surface area (Å²) in [5.41, 5.74) is 0. The largest absolute Gasteiger partial charge is 0.508 e. The monoisotopic (exact) mass is 375 g/mol. The second-order valence-electron chi connectivity index (χ2n) is 4.52. The number of nitrogens with one attached hydrogen (secondary N) is 1. The minimum Gasteiger partial charge on any atom is -0.466 e. The van der Waals surface area contributed by atoms with E-state index in [2.05, 4.69) is 10.1 Å². The lowest BCUT2D eigenvalue weighted by molar-refractivity contribution is -0.147. The smallest absolute Gasteiger partial charge is 0.466 e. The number of hydrogen-bond acceptors (Lipinski definition) is 6. The SMILES string of the molecule is CCOC(=O)C[C@H]1NC(=O)[C@@H]1CCOC(=O)OCC(Cl)(Cl)Cl. The van der Waals surface area contributed by atoms with Crippen molar-refractivity contribution in [3.63, 3.8) is 0 Å². The number of alkyl halides is 3. The Hall–Kier alpha value is -0.920. The Morgan fingerprint density at radius 3 is 2.45 bits per heavy atom. The van der Waals surface area contributed by atoms with Gasteiger partial charge in [-0.1, -0.05) is 34.8 Å². The number of halogens is 3. The van der Waals surface area contributed by atoms with Gasteiger partial charge in [0.25, 0.3) is 0 Å². The zero-order valence-electron chi connectivity index (χ0n) is 11.8. The molecule has 0 saturated carbocycles. The van der Waals surface area contributed by atoms with Crippen LogP contribution in [0.3, 0.4) is 0 Å². The van der Waals surface area contributed by atoms with Gasteiger partial charge < -0.3 is 19.5 Å². The van der Waals surface area contributed by atoms with Gasteiger partial charge in [-0.25, -0.2) is 4.79 Å². The summed E-state index contributed by atoms with van der Waals surface area (Å²) in [4.78, 5) is 34.0. The highest BCUT2D eigenvalue weighted by Gasteiger charge is 2.40. The molecule has 7 nitrogen and oxygen atoms in total. The van der Waals surface area contributed by atoms with Gasteiger partial charge in [0.2, 0.25) is 9.70 Å². The van der Waals surface area contributed by atoms with Crippen molar-refractivity contribution in [3.8, 4) is 0 Å². The van der Waals surface area contributed by atoms with E-state index in [1.807, 2.05) is 0 Å². The zero-order chi connectivity index (χ0) is 16.8. The van der Waals surface area contributed by atoms with E-state index in [4.69, 9.17) is 44.3 Å². The molecule has 1 aliphatic rings. The second kappa shape index (κ2) is 8.64. The van der Waals surface area contributed by atoms with Gasteiger partial charge in [-0.15, -0.1) is 0 Å². The molecule has 0 aromatic rings. The first kappa shape index (κ1) is 19.1. The lowest BCUT2D eigenvalue weighted by Crippen LogP contribution is -2.59. The average Bonchev–Trinajstić information content (AvgIpc) is 2.40. The van der Waals surface area contributed by atoms with Gasteiger partial charge in [-0.05, 0) is 13.3 Å². The predicted molar refractivity (Wildman–Crippen MR) is 78.9 cm³/mol. The third kappa shape index (κ3) is 6.89. The minimum atomic E-state index is -1.71. The quantitative estimate of drug-likeness (QED) is 0.415. The molecular weight excluding hydrogens is 360 g/mol. The molecule has 1 N–H and O–H groups in total. The maximum Gasteiger partial charge on any atom is 0.508 e. The van der Waals surface area contributed by atoms with Crippen LogP contribution in [0.5, 0.6) is 0 Å². The van der Waals surface area contributed by atoms with Crippen LogP contribution in [0.15, 0.2) is 0 Å². The summed E-state index contributed by atoms with van der Waals surface area (Å²) in [6, 6.07) is -0.313. The van der Waals surface area contributed by atoms with E-state index >= 15 is 0 Å². The first-order valence-corrected chi connectivity index (χ1v) is 7.68. The van der Waals surface area contributed by atoms with Crippen LogP contribution in [-0.2, 0) is 23.8 Å². The lowest BCUT2D eigenvalue weighted by atomic mass is 9.86. The Bertz CT molecular complexity index is 426. The van der Waals surface area contributed by atoms with Crippen LogP contribution in [-0.4, -0.2) is 47.7 Å². The minimum absolute atomic E-state index is 0.0455. The number of ether oxygens (including phenoxy) is 3. The highest BCUT2D eigenvalue weighted by molar-refractivity contribution is 6.67. The van der Waals surface area contributed by atoms with Gasteiger partial charge in [0.1, 0.15) is 6.61 Å². The van der Waals surface area contributed by atoms with Crippen LogP contribution >= 0.6 is 34.8 Å². The first-order chi connectivity index (χ1) is 10.2. The Balaban J connectivity index is 2.24. The molecule has 1 amide bonds. The number of carbonyl (C=O) groups excluding carboxylic acids is 3. The summed E-state index contributed by atoms with van der Waals surface area (Å²) >= 11 is 16.2. The molecule has 0 aliphatic carbocycles. The summed E-state index contributed by atoms with van der Waals surface area (Å²) in [5, 5.41) is 2.60. The second-order valence-corrected chi connectivity index (χ2v) is 7.04. The summed E-state index contributed by atoms with van der Waals surface area (Å²) in [6.45, 7) is 1.50. The molecule has 126 valence electrons. The van der Waals surface area contributed by atoms with Crippen molar-refractivity contribution < 1.29 is 28.6 Å². The highest BCUT2D eigenvalue weighted by Crippen LogP contribution is 2.26. The molecular formula is C12H16Cl3NO6. The van der Waals surface area contributed by atoms with Crippen molar-refractivity contribution in [2.45, 2.75) is 29.6 Å². The number of esters is 1. The van der Waals surface area contributed by atoms with E-state index in [-0.39, 0.29) is 44.0 Å². The third-order valence-corrected chi connectivity index (χ3v) is 3.17. The number of carbonyl (C=O) groups is 3. The molecule has 0 bridgehead atoms. The molecule has 0 radical (unpaired) electrons.